The summed E-state index contributed by atoms with van der Waals surface area (Å²) >= 11 is 1.52. The van der Waals surface area contributed by atoms with E-state index in [-0.39, 0.29) is 12.0 Å². The van der Waals surface area contributed by atoms with Crippen molar-refractivity contribution in [1.29, 1.82) is 0 Å². The summed E-state index contributed by atoms with van der Waals surface area (Å²) in [4.78, 5) is 19.2. The molecule has 0 radical (unpaired) electrons. The third-order valence-corrected chi connectivity index (χ3v) is 5.14. The van der Waals surface area contributed by atoms with E-state index in [2.05, 4.69) is 4.99 Å². The minimum atomic E-state index is -0.363. The first-order valence-corrected chi connectivity index (χ1v) is 9.86. The molecule has 1 aromatic carbocycles. The number of carbonyl (C=O) groups is 1. The molecule has 0 N–H and O–H groups in total. The fourth-order valence-corrected chi connectivity index (χ4v) is 3.90. The number of methoxy groups -OCH3 is 2. The van der Waals surface area contributed by atoms with E-state index in [0.717, 1.165) is 10.7 Å². The number of esters is 1. The Kier molecular flexibility index (Phi) is 6.64. The molecule has 1 aromatic rings. The lowest BCUT2D eigenvalue weighted by Crippen LogP contribution is -2.34. The highest BCUT2D eigenvalue weighted by molar-refractivity contribution is 8.16. The molecule has 0 unspecified atom stereocenters. The number of amidine groups is 1. The molecule has 0 amide bonds. The minimum Gasteiger partial charge on any atom is -0.493 e. The second kappa shape index (κ2) is 9.16. The van der Waals surface area contributed by atoms with Gasteiger partial charge in [-0.25, -0.2) is 9.79 Å². The Morgan fingerprint density at radius 3 is 2.79 bits per heavy atom. The van der Waals surface area contributed by atoms with Crippen LogP contribution >= 0.6 is 11.8 Å². The van der Waals surface area contributed by atoms with Crippen molar-refractivity contribution in [1.82, 2.24) is 4.90 Å². The molecule has 150 valence electrons. The predicted octanol–water partition coefficient (Wildman–Crippen LogP) is 3.49. The number of hydrogen-bond donors (Lipinski definition) is 0. The normalized spacial score (nSPS) is 18.1. The van der Waals surface area contributed by atoms with Crippen molar-refractivity contribution in [2.45, 2.75) is 19.9 Å². The van der Waals surface area contributed by atoms with Crippen LogP contribution in [0.2, 0.25) is 0 Å². The van der Waals surface area contributed by atoms with Crippen LogP contribution in [0.1, 0.15) is 25.5 Å². The molecule has 0 aliphatic carbocycles. The van der Waals surface area contributed by atoms with Gasteiger partial charge in [-0.3, -0.25) is 0 Å². The van der Waals surface area contributed by atoms with Crippen LogP contribution in [0, 0.1) is 0 Å². The van der Waals surface area contributed by atoms with E-state index in [1.807, 2.05) is 41.6 Å². The van der Waals surface area contributed by atoms with Crippen LogP contribution in [-0.4, -0.2) is 50.1 Å². The largest absolute Gasteiger partial charge is 0.493 e. The number of rotatable bonds is 8. The molecule has 2 aliphatic heterocycles. The molecule has 0 saturated carbocycles. The molecule has 0 spiro atoms. The van der Waals surface area contributed by atoms with E-state index in [1.165, 1.54) is 11.8 Å². The van der Waals surface area contributed by atoms with Crippen LogP contribution in [-0.2, 0) is 14.3 Å². The topological polar surface area (TPSA) is 69.6 Å². The van der Waals surface area contributed by atoms with Crippen molar-refractivity contribution in [2.75, 3.05) is 34.0 Å². The van der Waals surface area contributed by atoms with Crippen molar-refractivity contribution in [2.24, 2.45) is 4.99 Å². The lowest BCUT2D eigenvalue weighted by molar-refractivity contribution is -0.139. The summed E-state index contributed by atoms with van der Waals surface area (Å²) in [7, 11) is 3.22. The van der Waals surface area contributed by atoms with Gasteiger partial charge >= 0.3 is 5.97 Å². The molecule has 0 saturated heterocycles. The van der Waals surface area contributed by atoms with Crippen molar-refractivity contribution in [3.8, 4) is 11.5 Å². The van der Waals surface area contributed by atoms with Gasteiger partial charge in [0.2, 0.25) is 0 Å². The standard InChI is InChI=1S/C20H24N2O5S/c1-5-26-19(23)17-13(2)21-20-22(8-11-28-20)18(17)14-6-7-15(16(12-14)25-4)27-10-9-24-3/h6-8,11-12,18H,5,9-10H2,1-4H3/t18-/m1/s1. The summed E-state index contributed by atoms with van der Waals surface area (Å²) in [6.45, 7) is 4.84. The molecule has 0 bridgehead atoms. The van der Waals surface area contributed by atoms with Crippen LogP contribution in [0.3, 0.4) is 0 Å². The number of thioether (sulfide) groups is 1. The lowest BCUT2D eigenvalue weighted by Gasteiger charge is -2.33. The maximum atomic E-state index is 12.7. The summed E-state index contributed by atoms with van der Waals surface area (Å²) in [5.74, 6) is 0.851. The Bertz CT molecular complexity index is 834. The number of hydrogen-bond acceptors (Lipinski definition) is 8. The molecule has 2 heterocycles. The molecule has 8 heteroatoms. The summed E-state index contributed by atoms with van der Waals surface area (Å²) in [5.41, 5.74) is 2.07. The SMILES string of the molecule is CCOC(=O)C1=C(C)N=C2SC=CN2[C@@H]1c1ccc(OCCOC)c(OC)c1. The van der Waals surface area contributed by atoms with Crippen LogP contribution in [0.5, 0.6) is 11.5 Å². The van der Waals surface area contributed by atoms with Gasteiger partial charge in [0.1, 0.15) is 6.61 Å². The number of ether oxygens (including phenoxy) is 4. The summed E-state index contributed by atoms with van der Waals surface area (Å²) < 4.78 is 21.6. The number of fused-ring (bicyclic) bond motifs is 1. The zero-order valence-corrected chi connectivity index (χ0v) is 17.2. The number of allylic oxidation sites excluding steroid dienone is 1. The Hall–Kier alpha value is -2.45. The zero-order chi connectivity index (χ0) is 20.1. The minimum absolute atomic E-state index is 0.305. The maximum absolute atomic E-state index is 12.7. The first-order valence-electron chi connectivity index (χ1n) is 8.98. The van der Waals surface area contributed by atoms with Gasteiger partial charge in [0, 0.05) is 13.3 Å². The zero-order valence-electron chi connectivity index (χ0n) is 16.4. The van der Waals surface area contributed by atoms with E-state index >= 15 is 0 Å². The average molecular weight is 404 g/mol. The molecule has 28 heavy (non-hydrogen) atoms. The number of aliphatic imine (C=N–C) groups is 1. The van der Waals surface area contributed by atoms with E-state index in [1.54, 1.807) is 21.1 Å². The first-order chi connectivity index (χ1) is 13.6. The number of benzene rings is 1. The summed E-state index contributed by atoms with van der Waals surface area (Å²) in [6.07, 6.45) is 1.93. The lowest BCUT2D eigenvalue weighted by atomic mass is 9.94. The third-order valence-electron chi connectivity index (χ3n) is 4.36. The number of nitrogens with zero attached hydrogens (tertiary/aromatic N) is 2. The monoisotopic (exact) mass is 404 g/mol. The van der Waals surface area contributed by atoms with Crippen LogP contribution in [0.4, 0.5) is 0 Å². The molecule has 7 nitrogen and oxygen atoms in total. The quantitative estimate of drug-likeness (QED) is 0.485. The summed E-state index contributed by atoms with van der Waals surface area (Å²) in [5, 5.41) is 2.78. The van der Waals surface area contributed by atoms with Gasteiger partial charge in [0.15, 0.2) is 16.7 Å². The van der Waals surface area contributed by atoms with E-state index in [4.69, 9.17) is 18.9 Å². The number of carbonyl (C=O) groups excluding carboxylic acids is 1. The highest BCUT2D eigenvalue weighted by atomic mass is 32.2. The van der Waals surface area contributed by atoms with Gasteiger partial charge in [-0.1, -0.05) is 17.8 Å². The Morgan fingerprint density at radius 2 is 2.07 bits per heavy atom. The van der Waals surface area contributed by atoms with Gasteiger partial charge in [0.05, 0.1) is 37.6 Å². The van der Waals surface area contributed by atoms with Crippen molar-refractivity contribution < 1.29 is 23.7 Å². The highest BCUT2D eigenvalue weighted by Crippen LogP contribution is 2.43. The Morgan fingerprint density at radius 1 is 1.25 bits per heavy atom. The smallest absolute Gasteiger partial charge is 0.338 e. The first kappa shape index (κ1) is 20.3. The fraction of sp³-hybridized carbons (Fsp3) is 0.400. The molecule has 1 atom stereocenters. The van der Waals surface area contributed by atoms with Crippen LogP contribution < -0.4 is 9.47 Å². The molecule has 3 rings (SSSR count). The van der Waals surface area contributed by atoms with Gasteiger partial charge in [-0.15, -0.1) is 0 Å². The fourth-order valence-electron chi connectivity index (χ4n) is 3.11. The third kappa shape index (κ3) is 4.02. The van der Waals surface area contributed by atoms with Crippen molar-refractivity contribution in [3.05, 3.63) is 46.6 Å². The molecular weight excluding hydrogens is 380 g/mol. The summed E-state index contributed by atoms with van der Waals surface area (Å²) in [6, 6.07) is 5.32. The predicted molar refractivity (Wildman–Crippen MR) is 108 cm³/mol. The maximum Gasteiger partial charge on any atom is 0.338 e. The molecule has 0 fully saturated rings. The van der Waals surface area contributed by atoms with Crippen molar-refractivity contribution in [3.63, 3.8) is 0 Å². The Labute approximate surface area is 169 Å². The van der Waals surface area contributed by atoms with Crippen LogP contribution in [0.25, 0.3) is 0 Å². The Balaban J connectivity index is 2.00. The van der Waals surface area contributed by atoms with E-state index < -0.39 is 0 Å². The van der Waals surface area contributed by atoms with Gasteiger partial charge in [0.25, 0.3) is 0 Å². The van der Waals surface area contributed by atoms with Crippen molar-refractivity contribution >= 4 is 22.9 Å². The van der Waals surface area contributed by atoms with E-state index in [9.17, 15) is 4.79 Å². The van der Waals surface area contributed by atoms with Gasteiger partial charge < -0.3 is 23.8 Å². The van der Waals surface area contributed by atoms with Crippen LogP contribution in [0.15, 0.2) is 46.1 Å². The van der Waals surface area contributed by atoms with E-state index in [0.29, 0.717) is 42.6 Å². The molecule has 2 aliphatic rings. The molecule has 0 aromatic heterocycles. The van der Waals surface area contributed by atoms with Gasteiger partial charge in [-0.2, -0.15) is 0 Å². The highest BCUT2D eigenvalue weighted by Gasteiger charge is 2.37. The van der Waals surface area contributed by atoms with Gasteiger partial charge in [-0.05, 0) is 37.0 Å². The second-order valence-electron chi connectivity index (χ2n) is 6.08. The second-order valence-corrected chi connectivity index (χ2v) is 6.95. The average Bonchev–Trinajstić information content (AvgIpc) is 3.15. The molecular formula is C20H24N2O5S.